The SMILES string of the molecule is C=C(COC)C(=O)OOCCOc1ccc(-c2ccc(C3=C(F)CC(C(=C)COC)C=C3)cc2)cc1. The van der Waals surface area contributed by atoms with Crippen molar-refractivity contribution in [1.29, 1.82) is 0 Å². The fraction of sp³-hybridized carbons (Fsp3) is 0.276. The van der Waals surface area contributed by atoms with Crippen LogP contribution in [0.25, 0.3) is 16.7 Å². The molecule has 190 valence electrons. The maximum Gasteiger partial charge on any atom is 0.370 e. The lowest BCUT2D eigenvalue weighted by Gasteiger charge is -2.20. The van der Waals surface area contributed by atoms with Crippen molar-refractivity contribution >= 4 is 11.5 Å². The van der Waals surface area contributed by atoms with E-state index in [1.807, 2.05) is 60.7 Å². The van der Waals surface area contributed by atoms with Crippen molar-refractivity contribution in [2.45, 2.75) is 6.42 Å². The predicted molar refractivity (Wildman–Crippen MR) is 137 cm³/mol. The van der Waals surface area contributed by atoms with Crippen molar-refractivity contribution in [3.63, 3.8) is 0 Å². The van der Waals surface area contributed by atoms with Crippen molar-refractivity contribution in [3.05, 3.63) is 96.4 Å². The lowest BCUT2D eigenvalue weighted by atomic mass is 9.87. The fourth-order valence-corrected chi connectivity index (χ4v) is 3.67. The van der Waals surface area contributed by atoms with Gasteiger partial charge in [0.2, 0.25) is 0 Å². The Hall–Kier alpha value is -3.52. The molecule has 1 aliphatic rings. The molecule has 36 heavy (non-hydrogen) atoms. The highest BCUT2D eigenvalue weighted by atomic mass is 19.1. The first-order valence-electron chi connectivity index (χ1n) is 11.5. The Morgan fingerprint density at radius 3 is 2.14 bits per heavy atom. The van der Waals surface area contributed by atoms with E-state index >= 15 is 0 Å². The summed E-state index contributed by atoms with van der Waals surface area (Å²) < 4.78 is 30.3. The first-order valence-corrected chi connectivity index (χ1v) is 11.5. The Morgan fingerprint density at radius 2 is 1.53 bits per heavy atom. The summed E-state index contributed by atoms with van der Waals surface area (Å²) in [5.74, 6) is -0.218. The van der Waals surface area contributed by atoms with Gasteiger partial charge in [0.05, 0.1) is 18.8 Å². The zero-order valence-electron chi connectivity index (χ0n) is 20.6. The molecule has 3 rings (SSSR count). The van der Waals surface area contributed by atoms with Gasteiger partial charge in [0.25, 0.3) is 0 Å². The van der Waals surface area contributed by atoms with E-state index in [2.05, 4.69) is 18.0 Å². The number of benzene rings is 2. The van der Waals surface area contributed by atoms with Gasteiger partial charge in [-0.1, -0.05) is 61.7 Å². The van der Waals surface area contributed by atoms with Crippen LogP contribution < -0.4 is 4.74 Å². The molecule has 0 bridgehead atoms. The van der Waals surface area contributed by atoms with E-state index in [9.17, 15) is 9.18 Å². The summed E-state index contributed by atoms with van der Waals surface area (Å²) in [4.78, 5) is 21.0. The largest absolute Gasteiger partial charge is 0.491 e. The number of carbonyl (C=O) groups excluding carboxylic acids is 1. The number of hydrogen-bond donors (Lipinski definition) is 0. The minimum Gasteiger partial charge on any atom is -0.491 e. The van der Waals surface area contributed by atoms with Crippen LogP contribution in [0.3, 0.4) is 0 Å². The molecule has 1 unspecified atom stereocenters. The van der Waals surface area contributed by atoms with Gasteiger partial charge in [0.1, 0.15) is 24.8 Å². The van der Waals surface area contributed by atoms with Crippen LogP contribution in [-0.4, -0.2) is 46.6 Å². The summed E-state index contributed by atoms with van der Waals surface area (Å²) in [6, 6.07) is 15.3. The van der Waals surface area contributed by atoms with Crippen molar-refractivity contribution in [2.75, 3.05) is 40.6 Å². The molecule has 2 aromatic rings. The zero-order valence-corrected chi connectivity index (χ0v) is 20.6. The van der Waals surface area contributed by atoms with Crippen molar-refractivity contribution in [1.82, 2.24) is 0 Å². The lowest BCUT2D eigenvalue weighted by Crippen LogP contribution is -2.14. The third-order valence-electron chi connectivity index (χ3n) is 5.60. The van der Waals surface area contributed by atoms with E-state index in [0.717, 1.165) is 22.3 Å². The Kier molecular flexibility index (Phi) is 10.2. The third-order valence-corrected chi connectivity index (χ3v) is 5.60. The summed E-state index contributed by atoms with van der Waals surface area (Å²) in [5.41, 5.74) is 4.46. The highest BCUT2D eigenvalue weighted by Gasteiger charge is 2.19. The number of carbonyl (C=O) groups is 1. The van der Waals surface area contributed by atoms with Gasteiger partial charge in [0.15, 0.2) is 0 Å². The minimum atomic E-state index is -0.678. The summed E-state index contributed by atoms with van der Waals surface area (Å²) >= 11 is 0. The van der Waals surface area contributed by atoms with E-state index in [1.165, 1.54) is 7.11 Å². The molecular formula is C29H31FO6. The summed E-state index contributed by atoms with van der Waals surface area (Å²) in [5, 5.41) is 0. The minimum absolute atomic E-state index is 0.0452. The van der Waals surface area contributed by atoms with Gasteiger partial charge >= 0.3 is 5.97 Å². The second kappa shape index (κ2) is 13.5. The third kappa shape index (κ3) is 7.49. The fourth-order valence-electron chi connectivity index (χ4n) is 3.67. The molecule has 1 atom stereocenters. The van der Waals surface area contributed by atoms with E-state index in [0.29, 0.717) is 24.4 Å². The number of hydrogen-bond acceptors (Lipinski definition) is 6. The second-order valence-electron chi connectivity index (χ2n) is 8.26. The number of methoxy groups -OCH3 is 2. The van der Waals surface area contributed by atoms with Crippen LogP contribution in [-0.2, 0) is 24.0 Å². The molecule has 0 saturated carbocycles. The molecule has 0 saturated heterocycles. The highest BCUT2D eigenvalue weighted by Crippen LogP contribution is 2.34. The van der Waals surface area contributed by atoms with Gasteiger partial charge in [-0.2, -0.15) is 4.89 Å². The summed E-state index contributed by atoms with van der Waals surface area (Å²) in [7, 11) is 3.07. The molecule has 2 aromatic carbocycles. The Labute approximate surface area is 211 Å². The van der Waals surface area contributed by atoms with Crippen molar-refractivity contribution in [3.8, 4) is 16.9 Å². The van der Waals surface area contributed by atoms with Crippen LogP contribution in [0.1, 0.15) is 12.0 Å². The molecule has 1 aliphatic carbocycles. The Morgan fingerprint density at radius 1 is 0.917 bits per heavy atom. The van der Waals surface area contributed by atoms with Gasteiger partial charge in [-0.05, 0) is 34.4 Å². The maximum atomic E-state index is 14.8. The summed E-state index contributed by atoms with van der Waals surface area (Å²) in [6.07, 6.45) is 4.11. The molecule has 0 aliphatic heterocycles. The molecule has 0 fully saturated rings. The molecular weight excluding hydrogens is 463 g/mol. The monoisotopic (exact) mass is 494 g/mol. The average molecular weight is 495 g/mol. The van der Waals surface area contributed by atoms with Crippen LogP contribution in [0, 0.1) is 5.92 Å². The normalized spacial score (nSPS) is 15.0. The quantitative estimate of drug-likeness (QED) is 0.114. The van der Waals surface area contributed by atoms with Crippen LogP contribution in [0.15, 0.2) is 90.8 Å². The smallest absolute Gasteiger partial charge is 0.370 e. The summed E-state index contributed by atoms with van der Waals surface area (Å²) in [6.45, 7) is 8.28. The first kappa shape index (κ1) is 27.1. The van der Waals surface area contributed by atoms with Gasteiger partial charge in [-0.3, -0.25) is 4.89 Å². The van der Waals surface area contributed by atoms with E-state index in [1.54, 1.807) is 7.11 Å². The second-order valence-corrected chi connectivity index (χ2v) is 8.26. The van der Waals surface area contributed by atoms with Gasteiger partial charge in [0, 0.05) is 32.1 Å². The number of allylic oxidation sites excluding steroid dienone is 4. The van der Waals surface area contributed by atoms with Crippen LogP contribution in [0.5, 0.6) is 5.75 Å². The Balaban J connectivity index is 1.50. The molecule has 0 heterocycles. The zero-order chi connectivity index (χ0) is 25.9. The molecule has 0 N–H and O–H groups in total. The number of halogens is 1. The molecule has 6 nitrogen and oxygen atoms in total. The average Bonchev–Trinajstić information content (AvgIpc) is 2.89. The van der Waals surface area contributed by atoms with Crippen LogP contribution in [0.4, 0.5) is 4.39 Å². The van der Waals surface area contributed by atoms with E-state index in [4.69, 9.17) is 19.1 Å². The Bertz CT molecular complexity index is 1120. The van der Waals surface area contributed by atoms with E-state index < -0.39 is 5.97 Å². The lowest BCUT2D eigenvalue weighted by molar-refractivity contribution is -0.270. The topological polar surface area (TPSA) is 63.2 Å². The van der Waals surface area contributed by atoms with Gasteiger partial charge in [-0.15, -0.1) is 0 Å². The van der Waals surface area contributed by atoms with E-state index in [-0.39, 0.29) is 37.1 Å². The van der Waals surface area contributed by atoms with Crippen LogP contribution in [0.2, 0.25) is 0 Å². The van der Waals surface area contributed by atoms with Gasteiger partial charge in [-0.25, -0.2) is 9.18 Å². The first-order chi connectivity index (χ1) is 17.4. The maximum absolute atomic E-state index is 14.8. The van der Waals surface area contributed by atoms with Gasteiger partial charge < -0.3 is 14.2 Å². The molecule has 7 heteroatoms. The molecule has 0 amide bonds. The predicted octanol–water partition coefficient (Wildman–Crippen LogP) is 5.87. The standard InChI is InChI=1S/C29H31FO6/c1-20(18-32-3)25-11-14-27(28(30)17-25)24-7-5-22(6-8-24)23-9-12-26(13-10-23)34-15-16-35-36-29(31)21(2)19-33-4/h5-14,25H,1-2,15-19H2,3-4H3. The molecule has 0 aromatic heterocycles. The molecule has 0 radical (unpaired) electrons. The number of ether oxygens (including phenoxy) is 3. The van der Waals surface area contributed by atoms with Crippen molar-refractivity contribution in [2.24, 2.45) is 5.92 Å². The highest BCUT2D eigenvalue weighted by molar-refractivity contribution is 5.87. The van der Waals surface area contributed by atoms with Crippen molar-refractivity contribution < 1.29 is 33.2 Å². The van der Waals surface area contributed by atoms with Crippen LogP contribution >= 0.6 is 0 Å². The molecule has 0 spiro atoms. The number of rotatable bonds is 13.